The molecule has 0 bridgehead atoms. The molecular weight excluding hydrogens is 356 g/mol. The molecule has 2 aromatic rings. The van der Waals surface area contributed by atoms with Crippen LogP contribution in [0.2, 0.25) is 0 Å². The standard InChI is InChI=1S/C18H18N2O3S2/c1-11-4-6-14(7-5-11)25-13(3)18(22)23-9-16(21)15(8-19)17-20-12(2)10-24-17/h4-7,10,13,15H,9H2,1-3H3/t13-,15+/m0/s1. The summed E-state index contributed by atoms with van der Waals surface area (Å²) in [5.74, 6) is -1.93. The summed E-state index contributed by atoms with van der Waals surface area (Å²) in [5.41, 5.74) is 1.90. The van der Waals surface area contributed by atoms with Crippen LogP contribution >= 0.6 is 23.1 Å². The number of thiazole rings is 1. The quantitative estimate of drug-likeness (QED) is 0.543. The molecule has 0 amide bonds. The molecule has 25 heavy (non-hydrogen) atoms. The van der Waals surface area contributed by atoms with Crippen molar-refractivity contribution in [3.63, 3.8) is 0 Å². The predicted molar refractivity (Wildman–Crippen MR) is 97.7 cm³/mol. The highest BCUT2D eigenvalue weighted by Gasteiger charge is 2.25. The summed E-state index contributed by atoms with van der Waals surface area (Å²) in [7, 11) is 0. The van der Waals surface area contributed by atoms with E-state index in [1.165, 1.54) is 23.1 Å². The first kappa shape index (κ1) is 19.2. The van der Waals surface area contributed by atoms with Gasteiger partial charge in [-0.1, -0.05) is 17.7 Å². The Kier molecular flexibility index (Phi) is 6.73. The number of hydrogen-bond acceptors (Lipinski definition) is 7. The lowest BCUT2D eigenvalue weighted by molar-refractivity contribution is -0.147. The average molecular weight is 374 g/mol. The van der Waals surface area contributed by atoms with Crippen molar-refractivity contribution in [3.8, 4) is 6.07 Å². The maximum Gasteiger partial charge on any atom is 0.319 e. The maximum atomic E-state index is 12.2. The lowest BCUT2D eigenvalue weighted by Crippen LogP contribution is -2.24. The summed E-state index contributed by atoms with van der Waals surface area (Å²) in [6.07, 6.45) is 0. The Bertz CT molecular complexity index is 793. The number of ether oxygens (including phenoxy) is 1. The number of aryl methyl sites for hydroxylation is 2. The molecule has 0 fully saturated rings. The van der Waals surface area contributed by atoms with E-state index in [-0.39, 0.29) is 0 Å². The summed E-state index contributed by atoms with van der Waals surface area (Å²) in [4.78, 5) is 29.4. The number of nitriles is 1. The highest BCUT2D eigenvalue weighted by molar-refractivity contribution is 8.00. The third-order valence-electron chi connectivity index (χ3n) is 3.36. The predicted octanol–water partition coefficient (Wildman–Crippen LogP) is 3.66. The van der Waals surface area contributed by atoms with E-state index >= 15 is 0 Å². The van der Waals surface area contributed by atoms with E-state index in [1.807, 2.05) is 37.3 Å². The van der Waals surface area contributed by atoms with Gasteiger partial charge in [0.15, 0.2) is 18.3 Å². The summed E-state index contributed by atoms with van der Waals surface area (Å²) >= 11 is 2.62. The number of nitrogens with zero attached hydrogens (tertiary/aromatic N) is 2. The van der Waals surface area contributed by atoms with Crippen LogP contribution < -0.4 is 0 Å². The van der Waals surface area contributed by atoms with E-state index in [4.69, 9.17) is 4.74 Å². The van der Waals surface area contributed by atoms with Crippen LogP contribution in [0, 0.1) is 25.2 Å². The Hall–Kier alpha value is -2.17. The Morgan fingerprint density at radius 1 is 1.32 bits per heavy atom. The maximum absolute atomic E-state index is 12.2. The molecule has 0 unspecified atom stereocenters. The summed E-state index contributed by atoms with van der Waals surface area (Å²) in [6.45, 7) is 5.09. The van der Waals surface area contributed by atoms with E-state index in [9.17, 15) is 14.9 Å². The molecule has 0 N–H and O–H groups in total. The minimum absolute atomic E-state index is 0.422. The van der Waals surface area contributed by atoms with Crippen LogP contribution in [-0.4, -0.2) is 28.6 Å². The van der Waals surface area contributed by atoms with Gasteiger partial charge in [0.05, 0.1) is 6.07 Å². The zero-order chi connectivity index (χ0) is 18.4. The minimum Gasteiger partial charge on any atom is -0.457 e. The molecule has 0 saturated heterocycles. The number of Topliss-reactive ketones (excluding diaryl/α,β-unsaturated/α-hetero) is 1. The highest BCUT2D eigenvalue weighted by Crippen LogP contribution is 2.25. The van der Waals surface area contributed by atoms with Crippen molar-refractivity contribution in [2.45, 2.75) is 36.8 Å². The Morgan fingerprint density at radius 3 is 2.56 bits per heavy atom. The van der Waals surface area contributed by atoms with Crippen LogP contribution in [0.25, 0.3) is 0 Å². The van der Waals surface area contributed by atoms with Gasteiger partial charge in [0.1, 0.15) is 10.3 Å². The molecule has 2 atom stereocenters. The van der Waals surface area contributed by atoms with Gasteiger partial charge in [0.2, 0.25) is 0 Å². The fraction of sp³-hybridized carbons (Fsp3) is 0.333. The number of carbonyl (C=O) groups excluding carboxylic acids is 2. The Labute approximate surface area is 155 Å². The van der Waals surface area contributed by atoms with Crippen LogP contribution in [0.3, 0.4) is 0 Å². The molecule has 0 radical (unpaired) electrons. The fourth-order valence-corrected chi connectivity index (χ4v) is 3.71. The average Bonchev–Trinajstić information content (AvgIpc) is 3.01. The molecule has 0 aliphatic heterocycles. The van der Waals surface area contributed by atoms with Gasteiger partial charge in [0.25, 0.3) is 0 Å². The summed E-state index contributed by atoms with van der Waals surface area (Å²) < 4.78 is 5.09. The number of benzene rings is 1. The van der Waals surface area contributed by atoms with Crippen molar-refractivity contribution in [3.05, 3.63) is 45.9 Å². The smallest absolute Gasteiger partial charge is 0.319 e. The van der Waals surface area contributed by atoms with Crippen molar-refractivity contribution in [1.29, 1.82) is 5.26 Å². The van der Waals surface area contributed by atoms with E-state index in [0.29, 0.717) is 5.01 Å². The summed E-state index contributed by atoms with van der Waals surface area (Å²) in [6, 6.07) is 9.74. The second-order valence-electron chi connectivity index (χ2n) is 5.54. The third-order valence-corrected chi connectivity index (χ3v) is 5.48. The number of carbonyl (C=O) groups is 2. The number of aromatic nitrogens is 1. The molecule has 1 aromatic heterocycles. The summed E-state index contributed by atoms with van der Waals surface area (Å²) in [5, 5.41) is 11.0. The molecule has 130 valence electrons. The van der Waals surface area contributed by atoms with Crippen molar-refractivity contribution in [2.75, 3.05) is 6.61 Å². The van der Waals surface area contributed by atoms with Crippen LogP contribution in [-0.2, 0) is 14.3 Å². The number of hydrogen-bond donors (Lipinski definition) is 0. The second-order valence-corrected chi connectivity index (χ2v) is 7.84. The minimum atomic E-state index is -0.994. The fourth-order valence-electron chi connectivity index (χ4n) is 1.98. The number of rotatable bonds is 7. The molecule has 0 aliphatic rings. The van der Waals surface area contributed by atoms with Gasteiger partial charge in [0, 0.05) is 16.0 Å². The normalized spacial score (nSPS) is 12.9. The van der Waals surface area contributed by atoms with Gasteiger partial charge >= 0.3 is 5.97 Å². The van der Waals surface area contributed by atoms with Gasteiger partial charge < -0.3 is 4.74 Å². The lowest BCUT2D eigenvalue weighted by Gasteiger charge is -2.12. The molecule has 1 aromatic carbocycles. The van der Waals surface area contributed by atoms with Crippen molar-refractivity contribution in [2.24, 2.45) is 0 Å². The van der Waals surface area contributed by atoms with Gasteiger partial charge in [-0.15, -0.1) is 23.1 Å². The number of thioether (sulfide) groups is 1. The van der Waals surface area contributed by atoms with Crippen molar-refractivity contribution in [1.82, 2.24) is 4.98 Å². The topological polar surface area (TPSA) is 80.0 Å². The third kappa shape index (κ3) is 5.41. The molecule has 1 heterocycles. The monoisotopic (exact) mass is 374 g/mol. The lowest BCUT2D eigenvalue weighted by atomic mass is 10.1. The van der Waals surface area contributed by atoms with E-state index in [1.54, 1.807) is 19.2 Å². The molecule has 0 spiro atoms. The molecule has 0 saturated carbocycles. The number of ketones is 1. The van der Waals surface area contributed by atoms with Crippen molar-refractivity contribution >= 4 is 34.9 Å². The zero-order valence-corrected chi connectivity index (χ0v) is 15.8. The number of esters is 1. The van der Waals surface area contributed by atoms with E-state index in [0.717, 1.165) is 16.2 Å². The van der Waals surface area contributed by atoms with Gasteiger partial charge in [-0.3, -0.25) is 9.59 Å². The zero-order valence-electron chi connectivity index (χ0n) is 14.2. The largest absolute Gasteiger partial charge is 0.457 e. The first-order chi connectivity index (χ1) is 11.9. The molecular formula is C18H18N2O3S2. The first-order valence-corrected chi connectivity index (χ1v) is 9.41. The van der Waals surface area contributed by atoms with Gasteiger partial charge in [-0.05, 0) is 32.9 Å². The Morgan fingerprint density at radius 2 is 2.00 bits per heavy atom. The molecule has 0 aliphatic carbocycles. The highest BCUT2D eigenvalue weighted by atomic mass is 32.2. The molecule has 2 rings (SSSR count). The van der Waals surface area contributed by atoms with E-state index < -0.39 is 29.5 Å². The second kappa shape index (κ2) is 8.79. The Balaban J connectivity index is 1.88. The van der Waals surface area contributed by atoms with Crippen LogP contribution in [0.5, 0.6) is 0 Å². The van der Waals surface area contributed by atoms with Crippen LogP contribution in [0.15, 0.2) is 34.5 Å². The van der Waals surface area contributed by atoms with Crippen LogP contribution in [0.4, 0.5) is 0 Å². The van der Waals surface area contributed by atoms with Gasteiger partial charge in [-0.2, -0.15) is 5.26 Å². The molecule has 5 nitrogen and oxygen atoms in total. The molecule has 7 heteroatoms. The van der Waals surface area contributed by atoms with Gasteiger partial charge in [-0.25, -0.2) is 4.98 Å². The van der Waals surface area contributed by atoms with Crippen LogP contribution in [0.1, 0.15) is 29.1 Å². The SMILES string of the molecule is Cc1ccc(S[C@@H](C)C(=O)OCC(=O)[C@@H](C#N)c2nc(C)cs2)cc1. The van der Waals surface area contributed by atoms with Crippen molar-refractivity contribution < 1.29 is 14.3 Å². The first-order valence-electron chi connectivity index (χ1n) is 7.65. The van der Waals surface area contributed by atoms with E-state index in [2.05, 4.69) is 4.98 Å².